The van der Waals surface area contributed by atoms with Crippen molar-refractivity contribution >= 4 is 46.4 Å². The molecule has 0 heterocycles. The minimum absolute atomic E-state index is 0.362. The van der Waals surface area contributed by atoms with Gasteiger partial charge in [-0.25, -0.2) is 0 Å². The van der Waals surface area contributed by atoms with E-state index in [0.717, 1.165) is 11.1 Å². The van der Waals surface area contributed by atoms with E-state index in [2.05, 4.69) is 0 Å². The molecular weight excluding hydrogens is 238 g/mol. The largest absolute Gasteiger partial charge is 0.121 e. The highest BCUT2D eigenvalue weighted by Crippen LogP contribution is 2.31. The summed E-state index contributed by atoms with van der Waals surface area (Å²) < 4.78 is 0. The summed E-state index contributed by atoms with van der Waals surface area (Å²) in [7, 11) is 0. The maximum absolute atomic E-state index is 5.90. The van der Waals surface area contributed by atoms with Crippen LogP contribution in [0.3, 0.4) is 0 Å². The molecule has 0 radical (unpaired) electrons. The molecule has 0 bridgehead atoms. The van der Waals surface area contributed by atoms with Gasteiger partial charge in [-0.1, -0.05) is 35.3 Å². The standard InChI is InChI=1S/C8H6Cl4/c9-3-5-1-2-6(4-10)8(12)7(5)11/h1-2H,3-4H2. The first-order valence-corrected chi connectivity index (χ1v) is 5.11. The van der Waals surface area contributed by atoms with Crippen molar-refractivity contribution in [3.05, 3.63) is 33.3 Å². The Hall–Kier alpha value is 0.380. The molecule has 0 saturated heterocycles. The van der Waals surface area contributed by atoms with E-state index in [4.69, 9.17) is 46.4 Å². The molecule has 0 amide bonds. The van der Waals surface area contributed by atoms with Crippen molar-refractivity contribution in [2.75, 3.05) is 0 Å². The third-order valence-electron chi connectivity index (χ3n) is 1.53. The minimum Gasteiger partial charge on any atom is -0.121 e. The molecule has 1 aromatic carbocycles. The molecule has 0 aromatic heterocycles. The Labute approximate surface area is 91.4 Å². The number of alkyl halides is 2. The van der Waals surface area contributed by atoms with E-state index in [0.29, 0.717) is 21.8 Å². The maximum Gasteiger partial charge on any atom is 0.0639 e. The van der Waals surface area contributed by atoms with Crippen molar-refractivity contribution in [1.29, 1.82) is 0 Å². The quantitative estimate of drug-likeness (QED) is 0.673. The molecule has 0 atom stereocenters. The van der Waals surface area contributed by atoms with Gasteiger partial charge in [-0.15, -0.1) is 23.2 Å². The Balaban J connectivity index is 3.20. The summed E-state index contributed by atoms with van der Waals surface area (Å²) in [6.07, 6.45) is 0. The van der Waals surface area contributed by atoms with Crippen molar-refractivity contribution in [2.24, 2.45) is 0 Å². The Morgan fingerprint density at radius 1 is 0.833 bits per heavy atom. The van der Waals surface area contributed by atoms with Crippen LogP contribution in [-0.2, 0) is 11.8 Å². The number of benzene rings is 1. The topological polar surface area (TPSA) is 0 Å². The lowest BCUT2D eigenvalue weighted by Gasteiger charge is -2.05. The third-order valence-corrected chi connectivity index (χ3v) is 3.07. The third kappa shape index (κ3) is 2.00. The zero-order valence-electron chi connectivity index (χ0n) is 6.08. The van der Waals surface area contributed by atoms with E-state index in [1.54, 1.807) is 0 Å². The van der Waals surface area contributed by atoms with Crippen LogP contribution in [-0.4, -0.2) is 0 Å². The number of halogens is 4. The van der Waals surface area contributed by atoms with Crippen LogP contribution in [0.1, 0.15) is 11.1 Å². The van der Waals surface area contributed by atoms with E-state index < -0.39 is 0 Å². The Bertz CT molecular complexity index is 254. The Morgan fingerprint density at radius 2 is 1.17 bits per heavy atom. The molecule has 0 aliphatic heterocycles. The van der Waals surface area contributed by atoms with Crippen molar-refractivity contribution < 1.29 is 0 Å². The second kappa shape index (κ2) is 4.57. The second-order valence-corrected chi connectivity index (χ2v) is 3.57. The first kappa shape index (κ1) is 10.5. The number of rotatable bonds is 2. The van der Waals surface area contributed by atoms with Crippen LogP contribution < -0.4 is 0 Å². The van der Waals surface area contributed by atoms with Gasteiger partial charge in [-0.2, -0.15) is 0 Å². The highest BCUT2D eigenvalue weighted by Gasteiger charge is 2.07. The molecule has 1 rings (SSSR count). The lowest BCUT2D eigenvalue weighted by Crippen LogP contribution is -1.86. The van der Waals surface area contributed by atoms with E-state index in [1.165, 1.54) is 0 Å². The van der Waals surface area contributed by atoms with Gasteiger partial charge in [0.15, 0.2) is 0 Å². The van der Waals surface area contributed by atoms with Gasteiger partial charge in [0.1, 0.15) is 0 Å². The monoisotopic (exact) mass is 242 g/mol. The van der Waals surface area contributed by atoms with Gasteiger partial charge in [0.05, 0.1) is 10.0 Å². The van der Waals surface area contributed by atoms with Crippen molar-refractivity contribution in [1.82, 2.24) is 0 Å². The van der Waals surface area contributed by atoms with Gasteiger partial charge in [0.25, 0.3) is 0 Å². The molecule has 0 unspecified atom stereocenters. The Morgan fingerprint density at radius 3 is 1.42 bits per heavy atom. The molecule has 0 aliphatic rings. The summed E-state index contributed by atoms with van der Waals surface area (Å²) in [6.45, 7) is 0. The van der Waals surface area contributed by atoms with Crippen LogP contribution in [0.2, 0.25) is 10.0 Å². The Kier molecular flexibility index (Phi) is 3.98. The smallest absolute Gasteiger partial charge is 0.0639 e. The van der Waals surface area contributed by atoms with Gasteiger partial charge in [-0.3, -0.25) is 0 Å². The zero-order chi connectivity index (χ0) is 9.14. The fourth-order valence-corrected chi connectivity index (χ4v) is 1.92. The molecule has 0 saturated carbocycles. The highest BCUT2D eigenvalue weighted by atomic mass is 35.5. The summed E-state index contributed by atoms with van der Waals surface area (Å²) in [4.78, 5) is 0. The summed E-state index contributed by atoms with van der Waals surface area (Å²) in [5, 5.41) is 1.01. The van der Waals surface area contributed by atoms with Gasteiger partial charge in [0.2, 0.25) is 0 Å². The van der Waals surface area contributed by atoms with Crippen molar-refractivity contribution in [3.8, 4) is 0 Å². The molecule has 1 aromatic rings. The molecule has 12 heavy (non-hydrogen) atoms. The fraction of sp³-hybridized carbons (Fsp3) is 0.250. The summed E-state index contributed by atoms with van der Waals surface area (Å²) in [5.41, 5.74) is 1.66. The average molecular weight is 244 g/mol. The molecule has 4 heteroatoms. The van der Waals surface area contributed by atoms with Gasteiger partial charge in [-0.05, 0) is 11.1 Å². The van der Waals surface area contributed by atoms with Crippen LogP contribution >= 0.6 is 46.4 Å². The number of hydrogen-bond donors (Lipinski definition) is 0. The molecular formula is C8H6Cl4. The molecule has 0 spiro atoms. The lowest BCUT2D eigenvalue weighted by molar-refractivity contribution is 1.33. The highest BCUT2D eigenvalue weighted by molar-refractivity contribution is 6.43. The van der Waals surface area contributed by atoms with E-state index in [1.807, 2.05) is 12.1 Å². The minimum atomic E-state index is 0.362. The van der Waals surface area contributed by atoms with Gasteiger partial charge >= 0.3 is 0 Å². The van der Waals surface area contributed by atoms with Crippen LogP contribution in [0, 0.1) is 0 Å². The number of hydrogen-bond acceptors (Lipinski definition) is 0. The average Bonchev–Trinajstić information content (AvgIpc) is 2.10. The normalized spacial score (nSPS) is 10.3. The molecule has 66 valence electrons. The first-order valence-electron chi connectivity index (χ1n) is 3.28. The molecule has 0 N–H and O–H groups in total. The van der Waals surface area contributed by atoms with Gasteiger partial charge in [0, 0.05) is 11.8 Å². The van der Waals surface area contributed by atoms with Crippen molar-refractivity contribution in [3.63, 3.8) is 0 Å². The summed E-state index contributed by atoms with van der Waals surface area (Å²) >= 11 is 23.1. The lowest BCUT2D eigenvalue weighted by atomic mass is 10.2. The van der Waals surface area contributed by atoms with Crippen LogP contribution in [0.25, 0.3) is 0 Å². The molecule has 0 nitrogen and oxygen atoms in total. The SMILES string of the molecule is ClCc1ccc(CCl)c(Cl)c1Cl. The van der Waals surface area contributed by atoms with Crippen LogP contribution in [0.4, 0.5) is 0 Å². The summed E-state index contributed by atoms with van der Waals surface area (Å²) in [5.74, 6) is 0.724. The predicted molar refractivity (Wildman–Crippen MR) is 55.6 cm³/mol. The van der Waals surface area contributed by atoms with Crippen LogP contribution in [0.15, 0.2) is 12.1 Å². The molecule has 0 fully saturated rings. The zero-order valence-corrected chi connectivity index (χ0v) is 9.10. The van der Waals surface area contributed by atoms with Crippen LogP contribution in [0.5, 0.6) is 0 Å². The van der Waals surface area contributed by atoms with Gasteiger partial charge < -0.3 is 0 Å². The first-order chi connectivity index (χ1) is 5.70. The van der Waals surface area contributed by atoms with E-state index >= 15 is 0 Å². The maximum atomic E-state index is 5.90. The predicted octanol–water partition coefficient (Wildman–Crippen LogP) is 4.47. The fourth-order valence-electron chi connectivity index (χ4n) is 0.836. The second-order valence-electron chi connectivity index (χ2n) is 2.28. The van der Waals surface area contributed by atoms with E-state index in [9.17, 15) is 0 Å². The summed E-state index contributed by atoms with van der Waals surface area (Å²) in [6, 6.07) is 3.66. The van der Waals surface area contributed by atoms with E-state index in [-0.39, 0.29) is 0 Å². The molecule has 0 aliphatic carbocycles. The van der Waals surface area contributed by atoms with Crippen molar-refractivity contribution in [2.45, 2.75) is 11.8 Å².